The number of amides is 1. The maximum absolute atomic E-state index is 12.7. The molecular formula is C15H20N2OS. The van der Waals surface area contributed by atoms with Crippen molar-refractivity contribution in [1.29, 1.82) is 0 Å². The molecule has 0 fully saturated rings. The predicted octanol–water partition coefficient (Wildman–Crippen LogP) is 3.45. The van der Waals surface area contributed by atoms with Crippen molar-refractivity contribution in [2.24, 2.45) is 0 Å². The molecule has 19 heavy (non-hydrogen) atoms. The van der Waals surface area contributed by atoms with Crippen molar-refractivity contribution in [3.05, 3.63) is 30.4 Å². The van der Waals surface area contributed by atoms with Gasteiger partial charge in [0.15, 0.2) is 0 Å². The number of rotatable bonds is 3. The molecule has 102 valence electrons. The number of nitrogens with zero attached hydrogens (tertiary/aromatic N) is 1. The fraction of sp³-hybridized carbons (Fsp3) is 0.400. The molecule has 0 spiro atoms. The molecule has 1 amide bonds. The molecule has 0 bridgehead atoms. The van der Waals surface area contributed by atoms with Gasteiger partial charge in [-0.05, 0) is 38.5 Å². The molecule has 4 heteroatoms. The van der Waals surface area contributed by atoms with Crippen LogP contribution >= 0.6 is 11.8 Å². The predicted molar refractivity (Wildman–Crippen MR) is 82.6 cm³/mol. The Kier molecular flexibility index (Phi) is 3.63. The third-order valence-electron chi connectivity index (χ3n) is 3.41. The van der Waals surface area contributed by atoms with Gasteiger partial charge >= 0.3 is 0 Å². The summed E-state index contributed by atoms with van der Waals surface area (Å²) in [5.41, 5.74) is 8.51. The molecule has 1 unspecified atom stereocenters. The first-order valence-electron chi connectivity index (χ1n) is 6.42. The number of hydrogen-bond acceptors (Lipinski definition) is 3. The monoisotopic (exact) mass is 276 g/mol. The van der Waals surface area contributed by atoms with Gasteiger partial charge in [-0.25, -0.2) is 0 Å². The molecule has 1 aromatic carbocycles. The molecule has 1 aromatic rings. The van der Waals surface area contributed by atoms with Gasteiger partial charge in [0, 0.05) is 17.1 Å². The van der Waals surface area contributed by atoms with Crippen LogP contribution in [0.4, 0.5) is 11.4 Å². The SMILES string of the molecule is C=C(C)CN1C(=O)C(C)(CC)Sc2cc(N)ccc21. The van der Waals surface area contributed by atoms with Crippen molar-refractivity contribution in [3.8, 4) is 0 Å². The van der Waals surface area contributed by atoms with E-state index in [1.165, 1.54) is 0 Å². The van der Waals surface area contributed by atoms with E-state index in [4.69, 9.17) is 5.73 Å². The van der Waals surface area contributed by atoms with E-state index in [0.717, 1.165) is 28.3 Å². The van der Waals surface area contributed by atoms with E-state index in [-0.39, 0.29) is 5.91 Å². The Hall–Kier alpha value is -1.42. The first-order valence-corrected chi connectivity index (χ1v) is 7.24. The maximum atomic E-state index is 12.7. The Morgan fingerprint density at radius 2 is 2.21 bits per heavy atom. The second-order valence-corrected chi connectivity index (χ2v) is 6.81. The number of thioether (sulfide) groups is 1. The summed E-state index contributed by atoms with van der Waals surface area (Å²) >= 11 is 1.61. The number of nitrogen functional groups attached to an aromatic ring is 1. The Morgan fingerprint density at radius 3 is 2.79 bits per heavy atom. The molecule has 3 nitrogen and oxygen atoms in total. The summed E-state index contributed by atoms with van der Waals surface area (Å²) in [6.07, 6.45) is 0.789. The van der Waals surface area contributed by atoms with Crippen molar-refractivity contribution < 1.29 is 4.79 Å². The molecule has 0 aliphatic carbocycles. The number of nitrogens with two attached hydrogens (primary N) is 1. The number of benzene rings is 1. The Balaban J connectivity index is 2.52. The summed E-state index contributed by atoms with van der Waals surface area (Å²) in [4.78, 5) is 15.6. The Morgan fingerprint density at radius 1 is 1.53 bits per heavy atom. The summed E-state index contributed by atoms with van der Waals surface area (Å²) in [5.74, 6) is 0.153. The summed E-state index contributed by atoms with van der Waals surface area (Å²) in [5, 5.41) is 0. The molecule has 0 saturated carbocycles. The number of anilines is 2. The minimum Gasteiger partial charge on any atom is -0.399 e. The smallest absolute Gasteiger partial charge is 0.243 e. The number of carbonyl (C=O) groups is 1. The van der Waals surface area contributed by atoms with Crippen molar-refractivity contribution in [1.82, 2.24) is 0 Å². The van der Waals surface area contributed by atoms with E-state index in [2.05, 4.69) is 6.58 Å². The average molecular weight is 276 g/mol. The summed E-state index contributed by atoms with van der Waals surface area (Å²) in [6.45, 7) is 10.5. The van der Waals surface area contributed by atoms with Crippen LogP contribution in [0.1, 0.15) is 27.2 Å². The Bertz CT molecular complexity index is 541. The van der Waals surface area contributed by atoms with Gasteiger partial charge in [-0.3, -0.25) is 4.79 Å². The van der Waals surface area contributed by atoms with E-state index >= 15 is 0 Å². The zero-order chi connectivity index (χ0) is 14.2. The first-order chi connectivity index (χ1) is 8.87. The van der Waals surface area contributed by atoms with Crippen LogP contribution in [0.25, 0.3) is 0 Å². The second kappa shape index (κ2) is 4.93. The normalized spacial score (nSPS) is 22.3. The van der Waals surface area contributed by atoms with Gasteiger partial charge in [-0.15, -0.1) is 11.8 Å². The van der Waals surface area contributed by atoms with Crippen LogP contribution in [0, 0.1) is 0 Å². The molecule has 2 rings (SSSR count). The van der Waals surface area contributed by atoms with Gasteiger partial charge in [0.1, 0.15) is 0 Å². The third kappa shape index (κ3) is 2.50. The number of fused-ring (bicyclic) bond motifs is 1. The van der Waals surface area contributed by atoms with Gasteiger partial charge in [-0.2, -0.15) is 0 Å². The fourth-order valence-electron chi connectivity index (χ4n) is 2.17. The molecule has 1 aliphatic heterocycles. The summed E-state index contributed by atoms with van der Waals surface area (Å²) in [7, 11) is 0. The zero-order valence-electron chi connectivity index (χ0n) is 11.7. The van der Waals surface area contributed by atoms with Crippen LogP contribution in [0.3, 0.4) is 0 Å². The van der Waals surface area contributed by atoms with Crippen molar-refractivity contribution >= 4 is 29.0 Å². The average Bonchev–Trinajstić information content (AvgIpc) is 2.34. The molecule has 1 aliphatic rings. The lowest BCUT2D eigenvalue weighted by atomic mass is 10.0. The standard InChI is InChI=1S/C15H20N2OS/c1-5-15(4)14(18)17(9-10(2)3)12-7-6-11(16)8-13(12)19-15/h6-8H,2,5,9,16H2,1,3-4H3. The van der Waals surface area contributed by atoms with Crippen LogP contribution in [0.15, 0.2) is 35.2 Å². The van der Waals surface area contributed by atoms with Crippen molar-refractivity contribution in [3.63, 3.8) is 0 Å². The minimum absolute atomic E-state index is 0.153. The van der Waals surface area contributed by atoms with E-state index < -0.39 is 4.75 Å². The highest BCUT2D eigenvalue weighted by molar-refractivity contribution is 8.01. The molecule has 0 saturated heterocycles. The quantitative estimate of drug-likeness (QED) is 0.679. The lowest BCUT2D eigenvalue weighted by Gasteiger charge is -2.39. The topological polar surface area (TPSA) is 46.3 Å². The van der Waals surface area contributed by atoms with Gasteiger partial charge in [-0.1, -0.05) is 19.1 Å². The molecule has 1 atom stereocenters. The van der Waals surface area contributed by atoms with Crippen molar-refractivity contribution in [2.75, 3.05) is 17.2 Å². The van der Waals surface area contributed by atoms with Crippen LogP contribution in [-0.2, 0) is 4.79 Å². The molecule has 2 N–H and O–H groups in total. The highest BCUT2D eigenvalue weighted by atomic mass is 32.2. The zero-order valence-corrected chi connectivity index (χ0v) is 12.5. The van der Waals surface area contributed by atoms with Crippen LogP contribution in [-0.4, -0.2) is 17.2 Å². The van der Waals surface area contributed by atoms with Crippen LogP contribution < -0.4 is 10.6 Å². The van der Waals surface area contributed by atoms with Crippen LogP contribution in [0.5, 0.6) is 0 Å². The summed E-state index contributed by atoms with van der Waals surface area (Å²) in [6, 6.07) is 5.71. The highest BCUT2D eigenvalue weighted by Crippen LogP contribution is 2.47. The number of hydrogen-bond donors (Lipinski definition) is 1. The highest BCUT2D eigenvalue weighted by Gasteiger charge is 2.42. The molecule has 0 radical (unpaired) electrons. The van der Waals surface area contributed by atoms with Crippen molar-refractivity contribution in [2.45, 2.75) is 36.8 Å². The summed E-state index contributed by atoms with van der Waals surface area (Å²) < 4.78 is -0.420. The third-order valence-corrected chi connectivity index (χ3v) is 4.87. The lowest BCUT2D eigenvalue weighted by molar-refractivity contribution is -0.120. The molecule has 1 heterocycles. The van der Waals surface area contributed by atoms with E-state index in [1.807, 2.05) is 43.9 Å². The fourth-order valence-corrected chi connectivity index (χ4v) is 3.47. The maximum Gasteiger partial charge on any atom is 0.243 e. The van der Waals surface area contributed by atoms with E-state index in [0.29, 0.717) is 6.54 Å². The molecule has 0 aromatic heterocycles. The van der Waals surface area contributed by atoms with Gasteiger partial charge in [0.05, 0.1) is 10.4 Å². The second-order valence-electron chi connectivity index (χ2n) is 5.26. The van der Waals surface area contributed by atoms with Crippen LogP contribution in [0.2, 0.25) is 0 Å². The van der Waals surface area contributed by atoms with Gasteiger partial charge in [0.25, 0.3) is 0 Å². The van der Waals surface area contributed by atoms with Gasteiger partial charge < -0.3 is 10.6 Å². The Labute approximate surface area is 118 Å². The minimum atomic E-state index is -0.420. The number of carbonyl (C=O) groups excluding carboxylic acids is 1. The largest absolute Gasteiger partial charge is 0.399 e. The van der Waals surface area contributed by atoms with E-state index in [1.54, 1.807) is 11.8 Å². The van der Waals surface area contributed by atoms with E-state index in [9.17, 15) is 4.79 Å². The van der Waals surface area contributed by atoms with Gasteiger partial charge in [0.2, 0.25) is 5.91 Å². The molecular weight excluding hydrogens is 256 g/mol. The first kappa shape index (κ1) is 14.0. The lowest BCUT2D eigenvalue weighted by Crippen LogP contribution is -2.48.